The van der Waals surface area contributed by atoms with Gasteiger partial charge in [0.15, 0.2) is 0 Å². The van der Waals surface area contributed by atoms with Gasteiger partial charge in [-0.25, -0.2) is 0 Å². The van der Waals surface area contributed by atoms with E-state index in [-0.39, 0.29) is 24.3 Å². The molecule has 0 saturated carbocycles. The molecule has 21 heavy (non-hydrogen) atoms. The van der Waals surface area contributed by atoms with Gasteiger partial charge in [-0.15, -0.1) is 11.3 Å². The highest BCUT2D eigenvalue weighted by atomic mass is 32.1. The summed E-state index contributed by atoms with van der Waals surface area (Å²) in [5.41, 5.74) is 0. The van der Waals surface area contributed by atoms with Gasteiger partial charge in [-0.3, -0.25) is 9.59 Å². The fourth-order valence-electron chi connectivity index (χ4n) is 1.60. The lowest BCUT2D eigenvalue weighted by Gasteiger charge is -2.13. The molecule has 2 N–H and O–H groups in total. The average molecular weight is 314 g/mol. The number of carbonyl (C=O) groups is 2. The van der Waals surface area contributed by atoms with Crippen LogP contribution in [-0.4, -0.2) is 45.3 Å². The molecule has 1 aromatic heterocycles. The maximum atomic E-state index is 11.7. The third-order valence-electron chi connectivity index (χ3n) is 2.84. The van der Waals surface area contributed by atoms with Crippen LogP contribution in [0.25, 0.3) is 0 Å². The Bertz CT molecular complexity index is 462. The van der Waals surface area contributed by atoms with Crippen molar-refractivity contribution >= 4 is 23.2 Å². The normalized spacial score (nSPS) is 12.0. The number of amides is 1. The fraction of sp³-hybridized carbons (Fsp3) is 0.571. The lowest BCUT2D eigenvalue weighted by atomic mass is 10.3. The SMILES string of the molecule is COCCNC(=O)C(C)NCc1ccc(CC(=O)OC)s1. The second kappa shape index (κ2) is 9.49. The van der Waals surface area contributed by atoms with Gasteiger partial charge in [-0.1, -0.05) is 0 Å². The minimum atomic E-state index is -0.284. The van der Waals surface area contributed by atoms with Crippen molar-refractivity contribution in [3.05, 3.63) is 21.9 Å². The van der Waals surface area contributed by atoms with E-state index < -0.39 is 0 Å². The second-order valence-corrected chi connectivity index (χ2v) is 5.76. The topological polar surface area (TPSA) is 76.7 Å². The van der Waals surface area contributed by atoms with E-state index in [0.717, 1.165) is 9.75 Å². The Hall–Kier alpha value is -1.44. The van der Waals surface area contributed by atoms with Gasteiger partial charge in [0, 0.05) is 30.0 Å². The summed E-state index contributed by atoms with van der Waals surface area (Å²) >= 11 is 1.54. The van der Waals surface area contributed by atoms with Crippen LogP contribution < -0.4 is 10.6 Å². The molecule has 1 atom stereocenters. The summed E-state index contributed by atoms with van der Waals surface area (Å²) in [6, 6.07) is 3.57. The van der Waals surface area contributed by atoms with E-state index in [1.165, 1.54) is 18.4 Å². The van der Waals surface area contributed by atoms with Crippen molar-refractivity contribution in [1.29, 1.82) is 0 Å². The van der Waals surface area contributed by atoms with Crippen molar-refractivity contribution in [2.45, 2.75) is 25.9 Å². The second-order valence-electron chi connectivity index (χ2n) is 4.51. The molecule has 0 aliphatic heterocycles. The fourth-order valence-corrected chi connectivity index (χ4v) is 2.56. The molecule has 1 amide bonds. The zero-order valence-corrected chi connectivity index (χ0v) is 13.4. The Kier molecular flexibility index (Phi) is 7.96. The molecular weight excluding hydrogens is 292 g/mol. The van der Waals surface area contributed by atoms with Gasteiger partial charge in [0.25, 0.3) is 0 Å². The molecular formula is C14H22N2O4S. The standard InChI is InChI=1S/C14H22N2O4S/c1-10(14(18)15-6-7-19-2)16-9-12-5-4-11(21-12)8-13(17)20-3/h4-5,10,16H,6-9H2,1-3H3,(H,15,18). The minimum absolute atomic E-state index is 0.0570. The maximum Gasteiger partial charge on any atom is 0.310 e. The molecule has 0 aliphatic rings. The molecule has 0 spiro atoms. The van der Waals surface area contributed by atoms with Crippen LogP contribution in [-0.2, 0) is 32.0 Å². The van der Waals surface area contributed by atoms with Crippen LogP contribution >= 0.6 is 11.3 Å². The van der Waals surface area contributed by atoms with E-state index in [9.17, 15) is 9.59 Å². The van der Waals surface area contributed by atoms with Gasteiger partial charge in [0.05, 0.1) is 26.2 Å². The summed E-state index contributed by atoms with van der Waals surface area (Å²) in [5.74, 6) is -0.305. The van der Waals surface area contributed by atoms with Crippen molar-refractivity contribution in [2.75, 3.05) is 27.4 Å². The number of ether oxygens (including phenoxy) is 2. The molecule has 1 heterocycles. The molecule has 118 valence electrons. The molecule has 1 unspecified atom stereocenters. The molecule has 6 nitrogen and oxygen atoms in total. The summed E-state index contributed by atoms with van der Waals surface area (Å²) in [5, 5.41) is 5.92. The molecule has 0 saturated heterocycles. The van der Waals surface area contributed by atoms with Gasteiger partial charge >= 0.3 is 5.97 Å². The van der Waals surface area contributed by atoms with E-state index in [4.69, 9.17) is 4.74 Å². The highest BCUT2D eigenvalue weighted by Crippen LogP contribution is 2.17. The van der Waals surface area contributed by atoms with Crippen LogP contribution in [0.2, 0.25) is 0 Å². The van der Waals surface area contributed by atoms with Crippen LogP contribution in [0, 0.1) is 0 Å². The van der Waals surface area contributed by atoms with E-state index in [2.05, 4.69) is 15.4 Å². The Balaban J connectivity index is 2.34. The highest BCUT2D eigenvalue weighted by molar-refractivity contribution is 7.12. The van der Waals surface area contributed by atoms with Crippen LogP contribution in [0.3, 0.4) is 0 Å². The number of carbonyl (C=O) groups excluding carboxylic acids is 2. The zero-order valence-electron chi connectivity index (χ0n) is 12.6. The number of hydrogen-bond acceptors (Lipinski definition) is 6. The first kappa shape index (κ1) is 17.6. The molecule has 0 fully saturated rings. The summed E-state index contributed by atoms with van der Waals surface area (Å²) in [7, 11) is 2.97. The number of rotatable bonds is 9. The largest absolute Gasteiger partial charge is 0.469 e. The highest BCUT2D eigenvalue weighted by Gasteiger charge is 2.12. The third kappa shape index (κ3) is 6.70. The Morgan fingerprint density at radius 1 is 1.29 bits per heavy atom. The Labute approximate surface area is 128 Å². The number of esters is 1. The summed E-state index contributed by atoms with van der Waals surface area (Å²) in [6.45, 7) is 3.40. The van der Waals surface area contributed by atoms with Crippen molar-refractivity contribution in [3.8, 4) is 0 Å². The third-order valence-corrected chi connectivity index (χ3v) is 3.93. The Morgan fingerprint density at radius 2 is 2.00 bits per heavy atom. The maximum absolute atomic E-state index is 11.7. The van der Waals surface area contributed by atoms with Crippen LogP contribution in [0.5, 0.6) is 0 Å². The molecule has 1 aromatic rings. The predicted octanol–water partition coefficient (Wildman–Crippen LogP) is 0.704. The van der Waals surface area contributed by atoms with E-state index in [1.807, 2.05) is 19.1 Å². The van der Waals surface area contributed by atoms with Crippen LogP contribution in [0.15, 0.2) is 12.1 Å². The smallest absolute Gasteiger partial charge is 0.310 e. The van der Waals surface area contributed by atoms with Gasteiger partial charge in [0.2, 0.25) is 5.91 Å². The summed E-state index contributed by atoms with van der Waals surface area (Å²) in [4.78, 5) is 24.9. The molecule has 0 aliphatic carbocycles. The first-order valence-corrected chi connectivity index (χ1v) is 7.53. The molecule has 0 aromatic carbocycles. The predicted molar refractivity (Wildman–Crippen MR) is 81.2 cm³/mol. The minimum Gasteiger partial charge on any atom is -0.469 e. The van der Waals surface area contributed by atoms with E-state index in [0.29, 0.717) is 19.7 Å². The molecule has 1 rings (SSSR count). The number of hydrogen-bond donors (Lipinski definition) is 2. The van der Waals surface area contributed by atoms with Gasteiger partial charge < -0.3 is 20.1 Å². The molecule has 7 heteroatoms. The first-order chi connectivity index (χ1) is 10.1. The van der Waals surface area contributed by atoms with Gasteiger partial charge in [-0.2, -0.15) is 0 Å². The van der Waals surface area contributed by atoms with Gasteiger partial charge in [-0.05, 0) is 19.1 Å². The first-order valence-electron chi connectivity index (χ1n) is 6.71. The average Bonchev–Trinajstić information content (AvgIpc) is 2.92. The lowest BCUT2D eigenvalue weighted by Crippen LogP contribution is -2.42. The monoisotopic (exact) mass is 314 g/mol. The zero-order chi connectivity index (χ0) is 15.7. The van der Waals surface area contributed by atoms with Crippen molar-refractivity contribution in [1.82, 2.24) is 10.6 Å². The summed E-state index contributed by atoms with van der Waals surface area (Å²) in [6.07, 6.45) is 0.286. The summed E-state index contributed by atoms with van der Waals surface area (Å²) < 4.78 is 9.50. The number of thiophene rings is 1. The number of methoxy groups -OCH3 is 2. The van der Waals surface area contributed by atoms with Gasteiger partial charge in [0.1, 0.15) is 0 Å². The van der Waals surface area contributed by atoms with Crippen molar-refractivity contribution in [3.63, 3.8) is 0 Å². The van der Waals surface area contributed by atoms with Crippen LogP contribution in [0.1, 0.15) is 16.7 Å². The van der Waals surface area contributed by atoms with E-state index in [1.54, 1.807) is 7.11 Å². The number of nitrogens with one attached hydrogen (secondary N) is 2. The molecule has 0 radical (unpaired) electrons. The van der Waals surface area contributed by atoms with Crippen molar-refractivity contribution < 1.29 is 19.1 Å². The van der Waals surface area contributed by atoms with Crippen LogP contribution in [0.4, 0.5) is 0 Å². The quantitative estimate of drug-likeness (QED) is 0.518. The van der Waals surface area contributed by atoms with E-state index >= 15 is 0 Å². The Morgan fingerprint density at radius 3 is 2.67 bits per heavy atom. The molecule has 0 bridgehead atoms. The van der Waals surface area contributed by atoms with Crippen molar-refractivity contribution in [2.24, 2.45) is 0 Å². The lowest BCUT2D eigenvalue weighted by molar-refractivity contribution is -0.139.